The van der Waals surface area contributed by atoms with Crippen LogP contribution in [0.3, 0.4) is 0 Å². The number of aromatic nitrogens is 1. The quantitative estimate of drug-likeness (QED) is 0.919. The molecule has 0 saturated carbocycles. The Hall–Kier alpha value is -1.62. The maximum atomic E-state index is 12.8. The minimum absolute atomic E-state index is 0.329. The average Bonchev–Trinajstić information content (AvgIpc) is 2.22. The van der Waals surface area contributed by atoms with Gasteiger partial charge in [-0.1, -0.05) is 0 Å². The highest BCUT2D eigenvalue weighted by Gasteiger charge is 2.04. The lowest BCUT2D eigenvalue weighted by molar-refractivity contribution is 0.475. The van der Waals surface area contributed by atoms with E-state index in [9.17, 15) is 4.39 Å². The van der Waals surface area contributed by atoms with Gasteiger partial charge in [-0.15, -0.1) is 0 Å². The van der Waals surface area contributed by atoms with Crippen LogP contribution in [0.2, 0.25) is 0 Å². The smallest absolute Gasteiger partial charge is 0.147 e. The summed E-state index contributed by atoms with van der Waals surface area (Å²) in [7, 11) is 0. The van der Waals surface area contributed by atoms with E-state index >= 15 is 0 Å². The van der Waals surface area contributed by atoms with Gasteiger partial charge in [-0.3, -0.25) is 4.98 Å². The monoisotopic (exact) mass is 282 g/mol. The van der Waals surface area contributed by atoms with Crippen molar-refractivity contribution in [1.29, 1.82) is 0 Å². The van der Waals surface area contributed by atoms with Crippen LogP contribution in [0.4, 0.5) is 10.1 Å². The number of pyridine rings is 1. The zero-order valence-electron chi connectivity index (χ0n) is 8.15. The van der Waals surface area contributed by atoms with Crippen molar-refractivity contribution in [3.63, 3.8) is 0 Å². The number of nitrogens with two attached hydrogens (primary N) is 1. The highest BCUT2D eigenvalue weighted by molar-refractivity contribution is 9.10. The highest BCUT2D eigenvalue weighted by atomic mass is 79.9. The van der Waals surface area contributed by atoms with Crippen LogP contribution in [-0.4, -0.2) is 4.98 Å². The Balaban J connectivity index is 2.27. The number of halogens is 2. The van der Waals surface area contributed by atoms with Crippen LogP contribution in [0.15, 0.2) is 41.1 Å². The van der Waals surface area contributed by atoms with Gasteiger partial charge in [-0.05, 0) is 34.1 Å². The van der Waals surface area contributed by atoms with Crippen molar-refractivity contribution in [2.24, 2.45) is 0 Å². The summed E-state index contributed by atoms with van der Waals surface area (Å²) in [6, 6.07) is 5.82. The van der Waals surface area contributed by atoms with Crippen LogP contribution in [0, 0.1) is 5.82 Å². The predicted octanol–water partition coefficient (Wildman–Crippen LogP) is 3.36. The van der Waals surface area contributed by atoms with E-state index in [0.29, 0.717) is 21.7 Å². The molecule has 0 radical (unpaired) electrons. The molecule has 0 unspecified atom stereocenters. The number of hydrogen-bond donors (Lipinski definition) is 1. The number of anilines is 1. The van der Waals surface area contributed by atoms with Crippen LogP contribution in [-0.2, 0) is 0 Å². The molecule has 0 atom stereocenters. The van der Waals surface area contributed by atoms with E-state index in [2.05, 4.69) is 20.9 Å². The molecule has 1 heterocycles. The van der Waals surface area contributed by atoms with E-state index in [-0.39, 0.29) is 5.82 Å². The summed E-state index contributed by atoms with van der Waals surface area (Å²) in [5.41, 5.74) is 6.07. The number of rotatable bonds is 2. The molecule has 0 saturated heterocycles. The van der Waals surface area contributed by atoms with Gasteiger partial charge in [0.1, 0.15) is 17.3 Å². The molecule has 2 aromatic rings. The maximum Gasteiger partial charge on any atom is 0.147 e. The fraction of sp³-hybridized carbons (Fsp3) is 0. The van der Waals surface area contributed by atoms with Crippen LogP contribution in [0.5, 0.6) is 11.5 Å². The Kier molecular flexibility index (Phi) is 3.05. The van der Waals surface area contributed by atoms with Gasteiger partial charge >= 0.3 is 0 Å². The molecule has 2 rings (SSSR count). The van der Waals surface area contributed by atoms with E-state index in [1.54, 1.807) is 6.07 Å². The summed E-state index contributed by atoms with van der Waals surface area (Å²) in [5.74, 6) is 0.686. The standard InChI is InChI=1S/C11H8BrFN2O/c12-10-3-7(13)1-2-11(10)16-9-4-8(14)5-15-6-9/h1-6H,14H2. The molecule has 1 aromatic carbocycles. The molecule has 0 aliphatic carbocycles. The van der Waals surface area contributed by atoms with Crippen LogP contribution in [0.25, 0.3) is 0 Å². The van der Waals surface area contributed by atoms with Gasteiger partial charge in [0.15, 0.2) is 0 Å². The van der Waals surface area contributed by atoms with E-state index in [1.807, 2.05) is 0 Å². The van der Waals surface area contributed by atoms with E-state index < -0.39 is 0 Å². The molecule has 1 aromatic heterocycles. The largest absolute Gasteiger partial charge is 0.454 e. The molecule has 0 aliphatic rings. The van der Waals surface area contributed by atoms with Crippen molar-refractivity contribution in [3.8, 4) is 11.5 Å². The van der Waals surface area contributed by atoms with Gasteiger partial charge in [0.2, 0.25) is 0 Å². The minimum Gasteiger partial charge on any atom is -0.454 e. The van der Waals surface area contributed by atoms with Crippen molar-refractivity contribution in [2.45, 2.75) is 0 Å². The number of nitrogen functional groups attached to an aromatic ring is 1. The number of ether oxygens (including phenoxy) is 1. The molecule has 16 heavy (non-hydrogen) atoms. The summed E-state index contributed by atoms with van der Waals surface area (Å²) < 4.78 is 18.9. The van der Waals surface area contributed by atoms with Crippen molar-refractivity contribution in [3.05, 3.63) is 46.9 Å². The van der Waals surface area contributed by atoms with Crippen LogP contribution in [0.1, 0.15) is 0 Å². The summed E-state index contributed by atoms with van der Waals surface area (Å²) >= 11 is 3.21. The lowest BCUT2D eigenvalue weighted by Crippen LogP contribution is -1.90. The fourth-order valence-corrected chi connectivity index (χ4v) is 1.61. The molecule has 0 aliphatic heterocycles. The first-order chi connectivity index (χ1) is 7.65. The Morgan fingerprint density at radius 3 is 2.75 bits per heavy atom. The van der Waals surface area contributed by atoms with Gasteiger partial charge in [0.05, 0.1) is 22.6 Å². The van der Waals surface area contributed by atoms with Crippen molar-refractivity contribution >= 4 is 21.6 Å². The SMILES string of the molecule is Nc1cncc(Oc2ccc(F)cc2Br)c1. The lowest BCUT2D eigenvalue weighted by Gasteiger charge is -2.07. The molecule has 0 amide bonds. The second-order valence-corrected chi connectivity index (χ2v) is 3.99. The summed E-state index contributed by atoms with van der Waals surface area (Å²) in [6.07, 6.45) is 3.05. The van der Waals surface area contributed by atoms with Crippen LogP contribution >= 0.6 is 15.9 Å². The number of benzene rings is 1. The Morgan fingerprint density at radius 2 is 2.06 bits per heavy atom. The Morgan fingerprint density at radius 1 is 1.25 bits per heavy atom. The topological polar surface area (TPSA) is 48.1 Å². The second-order valence-electron chi connectivity index (χ2n) is 3.13. The Labute approximate surface area is 100 Å². The Bertz CT molecular complexity index is 519. The fourth-order valence-electron chi connectivity index (χ4n) is 1.18. The van der Waals surface area contributed by atoms with E-state index in [0.717, 1.165) is 0 Å². The van der Waals surface area contributed by atoms with Gasteiger partial charge in [0.25, 0.3) is 0 Å². The highest BCUT2D eigenvalue weighted by Crippen LogP contribution is 2.30. The number of hydrogen-bond acceptors (Lipinski definition) is 3. The van der Waals surface area contributed by atoms with Gasteiger partial charge in [-0.25, -0.2) is 4.39 Å². The second kappa shape index (κ2) is 4.49. The third kappa shape index (κ3) is 2.49. The number of nitrogens with zero attached hydrogens (tertiary/aromatic N) is 1. The molecule has 82 valence electrons. The van der Waals surface area contributed by atoms with Crippen LogP contribution < -0.4 is 10.5 Å². The van der Waals surface area contributed by atoms with Crippen molar-refractivity contribution in [2.75, 3.05) is 5.73 Å². The first-order valence-corrected chi connectivity index (χ1v) is 5.28. The average molecular weight is 283 g/mol. The zero-order valence-corrected chi connectivity index (χ0v) is 9.74. The molecular weight excluding hydrogens is 275 g/mol. The van der Waals surface area contributed by atoms with E-state index in [4.69, 9.17) is 10.5 Å². The molecule has 0 bridgehead atoms. The zero-order chi connectivity index (χ0) is 11.5. The molecule has 2 N–H and O–H groups in total. The third-order valence-electron chi connectivity index (χ3n) is 1.86. The molecule has 5 heteroatoms. The first-order valence-electron chi connectivity index (χ1n) is 4.48. The summed E-state index contributed by atoms with van der Waals surface area (Å²) in [4.78, 5) is 3.89. The van der Waals surface area contributed by atoms with Gasteiger partial charge in [-0.2, -0.15) is 0 Å². The van der Waals surface area contributed by atoms with Gasteiger partial charge < -0.3 is 10.5 Å². The normalized spacial score (nSPS) is 10.1. The lowest BCUT2D eigenvalue weighted by atomic mass is 10.3. The molecule has 0 spiro atoms. The third-order valence-corrected chi connectivity index (χ3v) is 2.48. The van der Waals surface area contributed by atoms with E-state index in [1.165, 1.54) is 30.6 Å². The summed E-state index contributed by atoms with van der Waals surface area (Å²) in [6.45, 7) is 0. The molecule has 0 fully saturated rings. The van der Waals surface area contributed by atoms with Crippen molar-refractivity contribution < 1.29 is 9.13 Å². The first kappa shape index (κ1) is 10.9. The van der Waals surface area contributed by atoms with Crippen molar-refractivity contribution in [1.82, 2.24) is 4.98 Å². The maximum absolute atomic E-state index is 12.8. The molecule has 3 nitrogen and oxygen atoms in total. The summed E-state index contributed by atoms with van der Waals surface area (Å²) in [5, 5.41) is 0. The van der Waals surface area contributed by atoms with Gasteiger partial charge in [0, 0.05) is 6.07 Å². The predicted molar refractivity (Wildman–Crippen MR) is 62.8 cm³/mol. The molecular formula is C11H8BrFN2O. The minimum atomic E-state index is -0.329.